The topological polar surface area (TPSA) is 64.3 Å². The molecule has 4 rings (SSSR count). The van der Waals surface area contributed by atoms with Crippen LogP contribution in [0.5, 0.6) is 0 Å². The maximum Gasteiger partial charge on any atom is 0.240 e. The quantitative estimate of drug-likeness (QED) is 0.860. The van der Waals surface area contributed by atoms with Gasteiger partial charge in [-0.3, -0.25) is 10.1 Å². The molecule has 0 aliphatic carbocycles. The second-order valence-corrected chi connectivity index (χ2v) is 6.11. The highest BCUT2D eigenvalue weighted by Gasteiger charge is 2.31. The molecule has 6 heteroatoms. The number of para-hydroxylation sites is 1. The standard InChI is InChI=1S/C17H21N5O/c23-17(15-10-14-16(11-18-15)20-12-19-14)22-8-6-21(7-9-22)13-4-2-1-3-5-13/h1-5,12,15,18H,6-11H2,(H,19,20). The third kappa shape index (κ3) is 2.82. The molecule has 0 spiro atoms. The zero-order valence-electron chi connectivity index (χ0n) is 13.0. The lowest BCUT2D eigenvalue weighted by Gasteiger charge is -2.38. The van der Waals surface area contributed by atoms with Crippen LogP contribution in [-0.2, 0) is 17.8 Å². The van der Waals surface area contributed by atoms with E-state index in [0.717, 1.165) is 37.6 Å². The zero-order valence-corrected chi connectivity index (χ0v) is 13.0. The van der Waals surface area contributed by atoms with E-state index in [9.17, 15) is 4.79 Å². The number of carbonyl (C=O) groups excluding carboxylic acids is 1. The highest BCUT2D eigenvalue weighted by molar-refractivity contribution is 5.82. The number of anilines is 1. The lowest BCUT2D eigenvalue weighted by atomic mass is 10.0. The molecule has 1 aromatic heterocycles. The first-order valence-electron chi connectivity index (χ1n) is 8.14. The summed E-state index contributed by atoms with van der Waals surface area (Å²) in [4.78, 5) is 24.5. The van der Waals surface area contributed by atoms with Crippen LogP contribution in [0.3, 0.4) is 0 Å². The van der Waals surface area contributed by atoms with Gasteiger partial charge in [0.05, 0.1) is 23.8 Å². The minimum absolute atomic E-state index is 0.144. The van der Waals surface area contributed by atoms with Gasteiger partial charge in [-0.15, -0.1) is 0 Å². The van der Waals surface area contributed by atoms with Crippen LogP contribution in [0.25, 0.3) is 0 Å². The van der Waals surface area contributed by atoms with Crippen LogP contribution in [0.2, 0.25) is 0 Å². The lowest BCUT2D eigenvalue weighted by Crippen LogP contribution is -2.55. The fourth-order valence-corrected chi connectivity index (χ4v) is 3.39. The summed E-state index contributed by atoms with van der Waals surface area (Å²) in [5.74, 6) is 0.200. The number of aromatic nitrogens is 2. The van der Waals surface area contributed by atoms with Crippen molar-refractivity contribution in [2.75, 3.05) is 31.1 Å². The average Bonchev–Trinajstić information content (AvgIpc) is 3.10. The molecule has 23 heavy (non-hydrogen) atoms. The molecule has 0 bridgehead atoms. The maximum absolute atomic E-state index is 12.7. The zero-order chi connectivity index (χ0) is 15.6. The smallest absolute Gasteiger partial charge is 0.240 e. The molecule has 2 aromatic rings. The molecule has 6 nitrogen and oxygen atoms in total. The van der Waals surface area contributed by atoms with E-state index in [0.29, 0.717) is 13.0 Å². The molecule has 120 valence electrons. The summed E-state index contributed by atoms with van der Waals surface area (Å²) >= 11 is 0. The van der Waals surface area contributed by atoms with Crippen molar-refractivity contribution < 1.29 is 4.79 Å². The van der Waals surface area contributed by atoms with Crippen LogP contribution in [0.4, 0.5) is 5.69 Å². The summed E-state index contributed by atoms with van der Waals surface area (Å²) in [5, 5.41) is 3.33. The van der Waals surface area contributed by atoms with Gasteiger partial charge in [-0.2, -0.15) is 0 Å². The van der Waals surface area contributed by atoms with E-state index in [-0.39, 0.29) is 11.9 Å². The largest absolute Gasteiger partial charge is 0.368 e. The third-order valence-corrected chi connectivity index (χ3v) is 4.74. The summed E-state index contributed by atoms with van der Waals surface area (Å²) in [6.45, 7) is 4.01. The highest BCUT2D eigenvalue weighted by Crippen LogP contribution is 2.18. The first-order valence-corrected chi connectivity index (χ1v) is 8.14. The predicted octanol–water partition coefficient (Wildman–Crippen LogP) is 0.773. The first kappa shape index (κ1) is 14.3. The fourth-order valence-electron chi connectivity index (χ4n) is 3.39. The molecule has 1 unspecified atom stereocenters. The van der Waals surface area contributed by atoms with Crippen LogP contribution in [0, 0.1) is 0 Å². The Labute approximate surface area is 135 Å². The monoisotopic (exact) mass is 311 g/mol. The van der Waals surface area contributed by atoms with Crippen LogP contribution < -0.4 is 10.2 Å². The minimum Gasteiger partial charge on any atom is -0.368 e. The van der Waals surface area contributed by atoms with Gasteiger partial charge in [0, 0.05) is 44.8 Å². The van der Waals surface area contributed by atoms with Gasteiger partial charge in [-0.25, -0.2) is 4.98 Å². The Morgan fingerprint density at radius 2 is 1.91 bits per heavy atom. The van der Waals surface area contributed by atoms with Crippen LogP contribution in [0.1, 0.15) is 11.4 Å². The van der Waals surface area contributed by atoms with Gasteiger partial charge in [0.15, 0.2) is 0 Å². The van der Waals surface area contributed by atoms with Gasteiger partial charge in [-0.1, -0.05) is 18.2 Å². The van der Waals surface area contributed by atoms with E-state index >= 15 is 0 Å². The molecule has 1 saturated heterocycles. The van der Waals surface area contributed by atoms with Gasteiger partial charge >= 0.3 is 0 Å². The predicted molar refractivity (Wildman–Crippen MR) is 88.2 cm³/mol. The number of nitrogens with one attached hydrogen (secondary N) is 2. The minimum atomic E-state index is -0.144. The van der Waals surface area contributed by atoms with Crippen molar-refractivity contribution >= 4 is 11.6 Å². The van der Waals surface area contributed by atoms with E-state index < -0.39 is 0 Å². The Morgan fingerprint density at radius 1 is 1.13 bits per heavy atom. The summed E-state index contributed by atoms with van der Waals surface area (Å²) in [6.07, 6.45) is 2.38. The molecular weight excluding hydrogens is 290 g/mol. The van der Waals surface area contributed by atoms with Gasteiger partial charge in [0.2, 0.25) is 5.91 Å². The van der Waals surface area contributed by atoms with Gasteiger partial charge in [0.25, 0.3) is 0 Å². The van der Waals surface area contributed by atoms with E-state index in [2.05, 4.69) is 44.5 Å². The Hall–Kier alpha value is -2.34. The van der Waals surface area contributed by atoms with Crippen molar-refractivity contribution in [1.29, 1.82) is 0 Å². The number of piperazine rings is 1. The number of rotatable bonds is 2. The number of nitrogens with zero attached hydrogens (tertiary/aromatic N) is 3. The normalized spacial score (nSPS) is 21.1. The molecule has 2 N–H and O–H groups in total. The summed E-state index contributed by atoms with van der Waals surface area (Å²) < 4.78 is 0. The second-order valence-electron chi connectivity index (χ2n) is 6.11. The molecule has 0 radical (unpaired) electrons. The summed E-state index contributed by atoms with van der Waals surface area (Å²) in [7, 11) is 0. The Balaban J connectivity index is 1.36. The second kappa shape index (κ2) is 6.04. The molecule has 1 atom stereocenters. The maximum atomic E-state index is 12.7. The molecule has 2 aliphatic rings. The Bertz CT molecular complexity index is 675. The average molecular weight is 311 g/mol. The number of carbonyl (C=O) groups is 1. The molecule has 0 saturated carbocycles. The van der Waals surface area contributed by atoms with Crippen molar-refractivity contribution in [1.82, 2.24) is 20.2 Å². The number of hydrogen-bond donors (Lipinski definition) is 2. The first-order chi connectivity index (χ1) is 11.3. The molecule has 1 aromatic carbocycles. The van der Waals surface area contributed by atoms with Crippen LogP contribution in [0.15, 0.2) is 36.7 Å². The number of aromatic amines is 1. The lowest BCUT2D eigenvalue weighted by molar-refractivity contribution is -0.134. The summed E-state index contributed by atoms with van der Waals surface area (Å²) in [5.41, 5.74) is 3.35. The number of hydrogen-bond acceptors (Lipinski definition) is 4. The molecular formula is C17H21N5O. The van der Waals surface area contributed by atoms with E-state index in [1.807, 2.05) is 11.0 Å². The SMILES string of the molecule is O=C(C1Cc2nc[nH]c2CN1)N1CCN(c2ccccc2)CC1. The van der Waals surface area contributed by atoms with Crippen LogP contribution in [-0.4, -0.2) is 53.0 Å². The van der Waals surface area contributed by atoms with E-state index in [1.165, 1.54) is 5.69 Å². The van der Waals surface area contributed by atoms with E-state index in [4.69, 9.17) is 0 Å². The van der Waals surface area contributed by atoms with Crippen molar-refractivity contribution in [3.05, 3.63) is 48.0 Å². The molecule has 1 fully saturated rings. The number of benzene rings is 1. The fraction of sp³-hybridized carbons (Fsp3) is 0.412. The molecule has 3 heterocycles. The van der Waals surface area contributed by atoms with Gasteiger partial charge < -0.3 is 14.8 Å². The number of H-pyrrole nitrogens is 1. The van der Waals surface area contributed by atoms with Gasteiger partial charge in [-0.05, 0) is 12.1 Å². The van der Waals surface area contributed by atoms with Crippen molar-refractivity contribution in [3.63, 3.8) is 0 Å². The Kier molecular flexibility index (Phi) is 3.75. The Morgan fingerprint density at radius 3 is 2.70 bits per heavy atom. The van der Waals surface area contributed by atoms with Crippen LogP contribution >= 0.6 is 0 Å². The third-order valence-electron chi connectivity index (χ3n) is 4.74. The highest BCUT2D eigenvalue weighted by atomic mass is 16.2. The van der Waals surface area contributed by atoms with Crippen molar-refractivity contribution in [2.24, 2.45) is 0 Å². The number of imidazole rings is 1. The van der Waals surface area contributed by atoms with Gasteiger partial charge in [0.1, 0.15) is 0 Å². The van der Waals surface area contributed by atoms with E-state index in [1.54, 1.807) is 6.33 Å². The molecule has 1 amide bonds. The summed E-state index contributed by atoms with van der Waals surface area (Å²) in [6, 6.07) is 10.2. The van der Waals surface area contributed by atoms with Crippen molar-refractivity contribution in [3.8, 4) is 0 Å². The number of fused-ring (bicyclic) bond motifs is 1. The number of amides is 1. The van der Waals surface area contributed by atoms with Crippen molar-refractivity contribution in [2.45, 2.75) is 19.0 Å². The molecule has 2 aliphatic heterocycles.